The maximum atomic E-state index is 11.9. The second-order valence-corrected chi connectivity index (χ2v) is 4.60. The summed E-state index contributed by atoms with van der Waals surface area (Å²) in [6, 6.07) is 7.97. The van der Waals surface area contributed by atoms with E-state index in [0.29, 0.717) is 17.0 Å². The number of amides is 1. The molecular formula is C13H11BrN2O3. The van der Waals surface area contributed by atoms with Crippen LogP contribution >= 0.6 is 15.9 Å². The van der Waals surface area contributed by atoms with Crippen molar-refractivity contribution in [1.82, 2.24) is 4.98 Å². The second kappa shape index (κ2) is 5.71. The van der Waals surface area contributed by atoms with E-state index in [2.05, 4.69) is 26.2 Å². The molecule has 0 bridgehead atoms. The van der Waals surface area contributed by atoms with Gasteiger partial charge in [0, 0.05) is 29.6 Å². The number of anilines is 1. The predicted molar refractivity (Wildman–Crippen MR) is 75.7 cm³/mol. The topological polar surface area (TPSA) is 71.2 Å². The summed E-state index contributed by atoms with van der Waals surface area (Å²) in [6.45, 7) is 0. The van der Waals surface area contributed by atoms with E-state index in [9.17, 15) is 9.59 Å². The van der Waals surface area contributed by atoms with E-state index < -0.39 is 0 Å². The molecule has 0 saturated heterocycles. The molecule has 0 aliphatic heterocycles. The Hall–Kier alpha value is -2.08. The molecule has 0 radical (unpaired) electrons. The Balaban J connectivity index is 2.21. The minimum atomic E-state index is -0.351. The van der Waals surface area contributed by atoms with Crippen molar-refractivity contribution in [1.29, 1.82) is 0 Å². The first-order valence-electron chi connectivity index (χ1n) is 5.44. The smallest absolute Gasteiger partial charge is 0.255 e. The monoisotopic (exact) mass is 322 g/mol. The molecule has 0 saturated carbocycles. The summed E-state index contributed by atoms with van der Waals surface area (Å²) >= 11 is 3.33. The summed E-state index contributed by atoms with van der Waals surface area (Å²) in [4.78, 5) is 25.5. The molecule has 6 heteroatoms. The first-order valence-corrected chi connectivity index (χ1v) is 6.23. The van der Waals surface area contributed by atoms with E-state index in [1.54, 1.807) is 25.3 Å². The van der Waals surface area contributed by atoms with Crippen molar-refractivity contribution in [3.05, 3.63) is 56.9 Å². The zero-order valence-electron chi connectivity index (χ0n) is 10.1. The summed E-state index contributed by atoms with van der Waals surface area (Å²) in [5.41, 5.74) is 0.567. The van der Waals surface area contributed by atoms with Crippen LogP contribution in [0.1, 0.15) is 10.4 Å². The fourth-order valence-corrected chi connectivity index (χ4v) is 1.94. The highest BCUT2D eigenvalue weighted by atomic mass is 79.9. The van der Waals surface area contributed by atoms with Gasteiger partial charge in [0.2, 0.25) is 5.56 Å². The summed E-state index contributed by atoms with van der Waals surface area (Å²) in [6.07, 6.45) is 1.43. The fourth-order valence-electron chi connectivity index (χ4n) is 1.53. The maximum absolute atomic E-state index is 11.9. The molecule has 0 atom stereocenters. The summed E-state index contributed by atoms with van der Waals surface area (Å²) in [7, 11) is 1.54. The molecule has 0 spiro atoms. The van der Waals surface area contributed by atoms with Crippen molar-refractivity contribution >= 4 is 27.5 Å². The number of hydrogen-bond donors (Lipinski definition) is 2. The lowest BCUT2D eigenvalue weighted by molar-refractivity contribution is 0.102. The molecule has 2 aromatic rings. The van der Waals surface area contributed by atoms with Crippen LogP contribution in [0.4, 0.5) is 5.69 Å². The van der Waals surface area contributed by atoms with Crippen LogP contribution in [0.25, 0.3) is 0 Å². The third-order valence-electron chi connectivity index (χ3n) is 2.45. The average Bonchev–Trinajstić information content (AvgIpc) is 2.41. The van der Waals surface area contributed by atoms with Crippen LogP contribution in [0, 0.1) is 0 Å². The molecule has 1 aromatic heterocycles. The van der Waals surface area contributed by atoms with Gasteiger partial charge >= 0.3 is 0 Å². The number of ether oxygens (including phenoxy) is 1. The van der Waals surface area contributed by atoms with Gasteiger partial charge in [-0.2, -0.15) is 0 Å². The van der Waals surface area contributed by atoms with E-state index in [1.807, 2.05) is 0 Å². The number of benzene rings is 1. The summed E-state index contributed by atoms with van der Waals surface area (Å²) < 4.78 is 5.93. The number of carbonyl (C=O) groups is 1. The molecular weight excluding hydrogens is 312 g/mol. The third kappa shape index (κ3) is 3.23. The van der Waals surface area contributed by atoms with E-state index in [4.69, 9.17) is 4.74 Å². The number of aromatic amines is 1. The molecule has 98 valence electrons. The summed E-state index contributed by atoms with van der Waals surface area (Å²) in [5.74, 6) is 0.263. The van der Waals surface area contributed by atoms with Gasteiger partial charge in [-0.25, -0.2) is 0 Å². The number of methoxy groups -OCH3 is 1. The molecule has 5 nitrogen and oxygen atoms in total. The quantitative estimate of drug-likeness (QED) is 0.911. The van der Waals surface area contributed by atoms with Crippen molar-refractivity contribution in [3.8, 4) is 5.75 Å². The standard InChI is InChI=1S/C13H11BrN2O3/c1-19-11-7-9(2-3-10(11)14)16-13(18)8-4-5-15-12(17)6-8/h2-7H,1H3,(H,15,17)(H,16,18). The Morgan fingerprint density at radius 2 is 2.11 bits per heavy atom. The predicted octanol–water partition coefficient (Wildman–Crippen LogP) is 2.40. The second-order valence-electron chi connectivity index (χ2n) is 3.75. The first kappa shape index (κ1) is 13.4. The average molecular weight is 323 g/mol. The van der Waals surface area contributed by atoms with Crippen molar-refractivity contribution in [2.75, 3.05) is 12.4 Å². The number of H-pyrrole nitrogens is 1. The SMILES string of the molecule is COc1cc(NC(=O)c2cc[nH]c(=O)c2)ccc1Br. The lowest BCUT2D eigenvalue weighted by Gasteiger charge is -2.08. The Labute approximate surface area is 117 Å². The minimum Gasteiger partial charge on any atom is -0.495 e. The number of aromatic nitrogens is 1. The number of nitrogens with one attached hydrogen (secondary N) is 2. The molecule has 0 aliphatic rings. The van der Waals surface area contributed by atoms with Gasteiger partial charge in [0.05, 0.1) is 11.6 Å². The third-order valence-corrected chi connectivity index (χ3v) is 3.10. The lowest BCUT2D eigenvalue weighted by Crippen LogP contribution is -2.15. The highest BCUT2D eigenvalue weighted by molar-refractivity contribution is 9.10. The molecule has 0 unspecified atom stereocenters. The van der Waals surface area contributed by atoms with Crippen LogP contribution in [0.5, 0.6) is 5.75 Å². The van der Waals surface area contributed by atoms with E-state index >= 15 is 0 Å². The Morgan fingerprint density at radius 1 is 1.32 bits per heavy atom. The molecule has 0 fully saturated rings. The molecule has 0 aliphatic carbocycles. The van der Waals surface area contributed by atoms with Crippen LogP contribution in [0.2, 0.25) is 0 Å². The van der Waals surface area contributed by atoms with Crippen LogP contribution < -0.4 is 15.6 Å². The molecule has 1 amide bonds. The number of halogens is 1. The Morgan fingerprint density at radius 3 is 2.79 bits per heavy atom. The van der Waals surface area contributed by atoms with E-state index in [1.165, 1.54) is 18.3 Å². The molecule has 2 N–H and O–H groups in total. The van der Waals surface area contributed by atoms with Crippen LogP contribution in [0.3, 0.4) is 0 Å². The lowest BCUT2D eigenvalue weighted by atomic mass is 10.2. The highest BCUT2D eigenvalue weighted by Gasteiger charge is 2.08. The zero-order chi connectivity index (χ0) is 13.8. The highest BCUT2D eigenvalue weighted by Crippen LogP contribution is 2.27. The van der Waals surface area contributed by atoms with Gasteiger partial charge in [0.25, 0.3) is 5.91 Å². The van der Waals surface area contributed by atoms with Gasteiger partial charge in [-0.1, -0.05) is 0 Å². The van der Waals surface area contributed by atoms with Crippen molar-refractivity contribution in [2.45, 2.75) is 0 Å². The van der Waals surface area contributed by atoms with Gasteiger partial charge in [0.1, 0.15) is 5.75 Å². The van der Waals surface area contributed by atoms with E-state index in [0.717, 1.165) is 4.47 Å². The Bertz CT molecular complexity index is 667. The molecule has 1 aromatic carbocycles. The minimum absolute atomic E-state index is 0.297. The van der Waals surface area contributed by atoms with Crippen molar-refractivity contribution in [3.63, 3.8) is 0 Å². The molecule has 19 heavy (non-hydrogen) atoms. The molecule has 1 heterocycles. The fraction of sp³-hybridized carbons (Fsp3) is 0.0769. The normalized spacial score (nSPS) is 10.0. The zero-order valence-corrected chi connectivity index (χ0v) is 11.7. The van der Waals surface area contributed by atoms with Crippen molar-refractivity contribution in [2.24, 2.45) is 0 Å². The van der Waals surface area contributed by atoms with Crippen LogP contribution in [-0.2, 0) is 0 Å². The van der Waals surface area contributed by atoms with Gasteiger partial charge in [-0.15, -0.1) is 0 Å². The first-order chi connectivity index (χ1) is 9.10. The van der Waals surface area contributed by atoms with Gasteiger partial charge in [-0.3, -0.25) is 9.59 Å². The van der Waals surface area contributed by atoms with Gasteiger partial charge in [0.15, 0.2) is 0 Å². The van der Waals surface area contributed by atoms with E-state index in [-0.39, 0.29) is 11.5 Å². The number of pyridine rings is 1. The largest absolute Gasteiger partial charge is 0.495 e. The summed E-state index contributed by atoms with van der Waals surface area (Å²) in [5, 5.41) is 2.69. The van der Waals surface area contributed by atoms with Gasteiger partial charge < -0.3 is 15.0 Å². The van der Waals surface area contributed by atoms with Crippen LogP contribution in [-0.4, -0.2) is 18.0 Å². The number of hydrogen-bond acceptors (Lipinski definition) is 3. The van der Waals surface area contributed by atoms with Crippen LogP contribution in [0.15, 0.2) is 45.8 Å². The van der Waals surface area contributed by atoms with Crippen molar-refractivity contribution < 1.29 is 9.53 Å². The van der Waals surface area contributed by atoms with Gasteiger partial charge in [-0.05, 0) is 34.1 Å². The number of rotatable bonds is 3. The maximum Gasteiger partial charge on any atom is 0.255 e. The Kier molecular flexibility index (Phi) is 4.01. The molecule has 2 rings (SSSR count). The number of carbonyl (C=O) groups excluding carboxylic acids is 1.